The van der Waals surface area contributed by atoms with Gasteiger partial charge in [0, 0.05) is 52.2 Å². The van der Waals surface area contributed by atoms with E-state index in [2.05, 4.69) is 5.32 Å². The molecule has 8 heteroatoms. The Morgan fingerprint density at radius 1 is 1.29 bits per heavy atom. The molecule has 1 aliphatic heterocycles. The first-order chi connectivity index (χ1) is 14.9. The number of nitrogens with one attached hydrogen (secondary N) is 1. The van der Waals surface area contributed by atoms with E-state index in [9.17, 15) is 19.7 Å². The van der Waals surface area contributed by atoms with Crippen LogP contribution in [0.25, 0.3) is 0 Å². The van der Waals surface area contributed by atoms with Gasteiger partial charge in [-0.1, -0.05) is 18.2 Å². The summed E-state index contributed by atoms with van der Waals surface area (Å²) < 4.78 is 5.27. The van der Waals surface area contributed by atoms with Gasteiger partial charge in [-0.2, -0.15) is 0 Å². The van der Waals surface area contributed by atoms with Crippen LogP contribution in [0, 0.1) is 10.1 Å². The molecule has 2 aromatic rings. The van der Waals surface area contributed by atoms with Gasteiger partial charge in [-0.15, -0.1) is 11.3 Å². The van der Waals surface area contributed by atoms with Gasteiger partial charge < -0.3 is 10.1 Å². The number of ketones is 1. The Morgan fingerprint density at radius 3 is 2.77 bits per heavy atom. The first-order valence-electron chi connectivity index (χ1n) is 10.1. The monoisotopic (exact) mass is 438 g/mol. The van der Waals surface area contributed by atoms with Gasteiger partial charge in [0.15, 0.2) is 5.78 Å². The van der Waals surface area contributed by atoms with Gasteiger partial charge in [-0.25, -0.2) is 4.79 Å². The SMILES string of the molecule is CCOC(=O)C1=C(C)NC2=C(C(=O)C[C@H](c3cccs3)C2)[C@@H]1c1cccc([N+](=O)[O-])c1. The maximum Gasteiger partial charge on any atom is 0.336 e. The molecule has 0 amide bonds. The van der Waals surface area contributed by atoms with E-state index in [0.717, 1.165) is 10.6 Å². The zero-order valence-corrected chi connectivity index (χ0v) is 18.0. The van der Waals surface area contributed by atoms with Gasteiger partial charge in [0.05, 0.1) is 17.1 Å². The third-order valence-corrected chi connectivity index (χ3v) is 6.72. The van der Waals surface area contributed by atoms with Crippen molar-refractivity contribution < 1.29 is 19.2 Å². The highest BCUT2D eigenvalue weighted by atomic mass is 32.1. The van der Waals surface area contributed by atoms with E-state index < -0.39 is 16.8 Å². The Labute approximate surface area is 183 Å². The maximum absolute atomic E-state index is 13.4. The molecule has 1 aromatic carbocycles. The fraction of sp³-hybridized carbons (Fsp3) is 0.304. The number of thiophene rings is 1. The van der Waals surface area contributed by atoms with Crippen molar-refractivity contribution in [2.24, 2.45) is 0 Å². The van der Waals surface area contributed by atoms with Crippen molar-refractivity contribution in [2.45, 2.75) is 38.5 Å². The zero-order valence-electron chi connectivity index (χ0n) is 17.2. The molecule has 2 aliphatic rings. The summed E-state index contributed by atoms with van der Waals surface area (Å²) in [6, 6.07) is 10.1. The molecule has 1 aliphatic carbocycles. The molecule has 31 heavy (non-hydrogen) atoms. The highest BCUT2D eigenvalue weighted by molar-refractivity contribution is 7.10. The first kappa shape index (κ1) is 21.0. The predicted molar refractivity (Wildman–Crippen MR) is 117 cm³/mol. The molecule has 7 nitrogen and oxygen atoms in total. The number of rotatable bonds is 5. The Balaban J connectivity index is 1.84. The Morgan fingerprint density at radius 2 is 2.10 bits per heavy atom. The van der Waals surface area contributed by atoms with Crippen molar-refractivity contribution in [2.75, 3.05) is 6.61 Å². The second-order valence-corrected chi connectivity index (χ2v) is 8.58. The quantitative estimate of drug-likeness (QED) is 0.417. The summed E-state index contributed by atoms with van der Waals surface area (Å²) in [6.45, 7) is 3.69. The lowest BCUT2D eigenvalue weighted by Gasteiger charge is -2.36. The first-order valence-corrected chi connectivity index (χ1v) is 11.0. The molecule has 0 unspecified atom stereocenters. The second-order valence-electron chi connectivity index (χ2n) is 7.61. The maximum atomic E-state index is 13.4. The molecule has 0 spiro atoms. The van der Waals surface area contributed by atoms with Crippen molar-refractivity contribution in [1.29, 1.82) is 0 Å². The van der Waals surface area contributed by atoms with E-state index in [-0.39, 0.29) is 24.0 Å². The van der Waals surface area contributed by atoms with Gasteiger partial charge in [-0.05, 0) is 37.3 Å². The van der Waals surface area contributed by atoms with Crippen LogP contribution in [-0.2, 0) is 14.3 Å². The number of non-ortho nitro benzene ring substituents is 1. The van der Waals surface area contributed by atoms with Gasteiger partial charge in [0.25, 0.3) is 5.69 Å². The number of nitro groups is 1. The summed E-state index contributed by atoms with van der Waals surface area (Å²) in [7, 11) is 0. The molecular formula is C23H22N2O5S. The van der Waals surface area contributed by atoms with Crippen LogP contribution in [0.3, 0.4) is 0 Å². The highest BCUT2D eigenvalue weighted by Crippen LogP contribution is 2.46. The van der Waals surface area contributed by atoms with E-state index in [0.29, 0.717) is 35.2 Å². The molecular weight excluding hydrogens is 416 g/mol. The van der Waals surface area contributed by atoms with E-state index in [1.54, 1.807) is 37.3 Å². The largest absolute Gasteiger partial charge is 0.463 e. The minimum absolute atomic E-state index is 0.0574. The van der Waals surface area contributed by atoms with Gasteiger partial charge >= 0.3 is 5.97 Å². The topological polar surface area (TPSA) is 98.5 Å². The number of nitro benzene ring substituents is 1. The van der Waals surface area contributed by atoms with Crippen molar-refractivity contribution in [3.63, 3.8) is 0 Å². The number of benzene rings is 1. The minimum atomic E-state index is -0.702. The number of carbonyl (C=O) groups is 2. The van der Waals surface area contributed by atoms with Crippen LogP contribution >= 0.6 is 11.3 Å². The standard InChI is InChI=1S/C23H22N2O5S/c1-3-30-23(27)20-13(2)24-17-11-15(19-8-5-9-31-19)12-18(26)22(17)21(20)14-6-4-7-16(10-14)25(28)29/h4-10,15,21,24H,3,11-12H2,1-2H3/t15-,21-/m1/s1. The van der Waals surface area contributed by atoms with Crippen LogP contribution in [0.5, 0.6) is 0 Å². The van der Waals surface area contributed by atoms with Crippen LogP contribution in [-0.4, -0.2) is 23.3 Å². The Hall–Kier alpha value is -3.26. The van der Waals surface area contributed by atoms with Crippen molar-refractivity contribution in [1.82, 2.24) is 5.32 Å². The fourth-order valence-corrected chi connectivity index (χ4v) is 5.22. The fourth-order valence-electron chi connectivity index (χ4n) is 4.39. The van der Waals surface area contributed by atoms with Crippen molar-refractivity contribution >= 4 is 28.8 Å². The summed E-state index contributed by atoms with van der Waals surface area (Å²) in [5.41, 5.74) is 2.66. The van der Waals surface area contributed by atoms with Crippen LogP contribution in [0.15, 0.2) is 64.3 Å². The van der Waals surface area contributed by atoms with Gasteiger partial charge in [0.1, 0.15) is 0 Å². The van der Waals surface area contributed by atoms with Gasteiger partial charge in [-0.3, -0.25) is 14.9 Å². The molecule has 0 saturated heterocycles. The van der Waals surface area contributed by atoms with Crippen LogP contribution in [0.2, 0.25) is 0 Å². The summed E-state index contributed by atoms with van der Waals surface area (Å²) >= 11 is 1.62. The summed E-state index contributed by atoms with van der Waals surface area (Å²) in [5.74, 6) is -1.21. The number of nitrogens with zero attached hydrogens (tertiary/aromatic N) is 1. The molecule has 2 atom stereocenters. The number of hydrogen-bond donors (Lipinski definition) is 1. The number of ether oxygens (including phenoxy) is 1. The lowest BCUT2D eigenvalue weighted by Crippen LogP contribution is -2.36. The van der Waals surface area contributed by atoms with Crippen LogP contribution in [0.1, 0.15) is 49.0 Å². The number of allylic oxidation sites excluding steroid dienone is 3. The minimum Gasteiger partial charge on any atom is -0.463 e. The number of esters is 1. The molecule has 1 N–H and O–H groups in total. The normalized spacial score (nSPS) is 20.9. The van der Waals surface area contributed by atoms with E-state index in [4.69, 9.17) is 4.74 Å². The van der Waals surface area contributed by atoms with Gasteiger partial charge in [0.2, 0.25) is 0 Å². The number of hydrogen-bond acceptors (Lipinski definition) is 7. The van der Waals surface area contributed by atoms with E-state index >= 15 is 0 Å². The summed E-state index contributed by atoms with van der Waals surface area (Å²) in [6.07, 6.45) is 0.974. The number of dihydropyridines is 1. The highest BCUT2D eigenvalue weighted by Gasteiger charge is 2.41. The van der Waals surface area contributed by atoms with E-state index in [1.807, 2.05) is 17.5 Å². The average molecular weight is 439 g/mol. The molecule has 0 saturated carbocycles. The zero-order chi connectivity index (χ0) is 22.1. The third-order valence-electron chi connectivity index (χ3n) is 5.68. The van der Waals surface area contributed by atoms with Crippen molar-refractivity contribution in [3.05, 3.63) is 84.9 Å². The third kappa shape index (κ3) is 3.90. The number of carbonyl (C=O) groups excluding carboxylic acids is 2. The lowest BCUT2D eigenvalue weighted by atomic mass is 9.72. The van der Waals surface area contributed by atoms with E-state index in [1.165, 1.54) is 12.1 Å². The molecule has 2 heterocycles. The molecule has 0 fully saturated rings. The molecule has 4 rings (SSSR count). The Kier molecular flexibility index (Phi) is 5.73. The second kappa shape index (κ2) is 8.47. The van der Waals surface area contributed by atoms with Crippen LogP contribution in [0.4, 0.5) is 5.69 Å². The Bertz CT molecular complexity index is 1120. The molecule has 1 aromatic heterocycles. The predicted octanol–water partition coefficient (Wildman–Crippen LogP) is 4.58. The smallest absolute Gasteiger partial charge is 0.336 e. The molecule has 0 bridgehead atoms. The lowest BCUT2D eigenvalue weighted by molar-refractivity contribution is -0.384. The van der Waals surface area contributed by atoms with Crippen LogP contribution < -0.4 is 5.32 Å². The summed E-state index contributed by atoms with van der Waals surface area (Å²) in [4.78, 5) is 38.2. The van der Waals surface area contributed by atoms with Crippen molar-refractivity contribution in [3.8, 4) is 0 Å². The molecule has 0 radical (unpaired) electrons. The number of Topliss-reactive ketones (excluding diaryl/α,β-unsaturated/α-hetero) is 1. The molecule has 160 valence electrons. The summed E-state index contributed by atoms with van der Waals surface area (Å²) in [5, 5.41) is 16.6. The average Bonchev–Trinajstić information content (AvgIpc) is 3.27.